The molecule has 2 nitrogen and oxygen atoms in total. The number of hydrogen-bond acceptors (Lipinski definition) is 2. The molecule has 1 aliphatic rings. The van der Waals surface area contributed by atoms with Gasteiger partial charge < -0.3 is 10.1 Å². The van der Waals surface area contributed by atoms with E-state index < -0.39 is 0 Å². The van der Waals surface area contributed by atoms with Crippen molar-refractivity contribution in [3.63, 3.8) is 0 Å². The average Bonchev–Trinajstić information content (AvgIpc) is 2.57. The van der Waals surface area contributed by atoms with E-state index in [2.05, 4.69) is 53.8 Å². The normalized spacial score (nSPS) is 18.4. The van der Waals surface area contributed by atoms with Crippen molar-refractivity contribution >= 4 is 0 Å². The van der Waals surface area contributed by atoms with Crippen molar-refractivity contribution in [1.82, 2.24) is 5.32 Å². The molecule has 1 heterocycles. The molecule has 1 N–H and O–H groups in total. The molecule has 110 valence electrons. The molecule has 1 fully saturated rings. The van der Waals surface area contributed by atoms with Gasteiger partial charge in [-0.15, -0.1) is 0 Å². The molecular weight excluding hydrogens is 258 g/mol. The number of piperidine rings is 1. The minimum Gasteiger partial charge on any atom is -0.494 e. The van der Waals surface area contributed by atoms with Crippen LogP contribution in [0, 0.1) is 0 Å². The Kier molecular flexibility index (Phi) is 4.90. The minimum absolute atomic E-state index is 0.641. The van der Waals surface area contributed by atoms with Crippen molar-refractivity contribution in [2.75, 3.05) is 13.2 Å². The van der Waals surface area contributed by atoms with Crippen LogP contribution in [0.1, 0.15) is 25.7 Å². The Morgan fingerprint density at radius 3 is 2.38 bits per heavy atom. The zero-order valence-electron chi connectivity index (χ0n) is 12.4. The summed E-state index contributed by atoms with van der Waals surface area (Å²) >= 11 is 0. The molecule has 2 heteroatoms. The molecule has 0 spiro atoms. The zero-order valence-corrected chi connectivity index (χ0v) is 12.4. The highest BCUT2D eigenvalue weighted by Crippen LogP contribution is 2.22. The molecule has 2 aromatic carbocycles. The van der Waals surface area contributed by atoms with Crippen LogP contribution in [0.2, 0.25) is 0 Å². The number of rotatable bonds is 5. The van der Waals surface area contributed by atoms with Crippen molar-refractivity contribution < 1.29 is 4.74 Å². The Hall–Kier alpha value is -1.80. The van der Waals surface area contributed by atoms with Crippen LogP contribution < -0.4 is 10.1 Å². The van der Waals surface area contributed by atoms with E-state index in [4.69, 9.17) is 4.74 Å². The average molecular weight is 281 g/mol. The smallest absolute Gasteiger partial charge is 0.119 e. The van der Waals surface area contributed by atoms with Crippen molar-refractivity contribution in [3.05, 3.63) is 54.6 Å². The molecule has 0 radical (unpaired) electrons. The second-order valence-electron chi connectivity index (χ2n) is 5.67. The second kappa shape index (κ2) is 7.28. The van der Waals surface area contributed by atoms with Gasteiger partial charge in [0, 0.05) is 6.04 Å². The van der Waals surface area contributed by atoms with E-state index in [-0.39, 0.29) is 0 Å². The van der Waals surface area contributed by atoms with E-state index >= 15 is 0 Å². The summed E-state index contributed by atoms with van der Waals surface area (Å²) in [5.41, 5.74) is 2.48. The summed E-state index contributed by atoms with van der Waals surface area (Å²) in [6.07, 6.45) is 5.05. The van der Waals surface area contributed by atoms with E-state index in [1.807, 2.05) is 6.07 Å². The maximum Gasteiger partial charge on any atom is 0.119 e. The third-order valence-corrected chi connectivity index (χ3v) is 4.11. The van der Waals surface area contributed by atoms with Gasteiger partial charge in [0.1, 0.15) is 5.75 Å². The SMILES string of the molecule is c1ccc(-c2ccc(OCC[C@H]3CCCCN3)cc2)cc1. The van der Waals surface area contributed by atoms with Crippen molar-refractivity contribution in [2.24, 2.45) is 0 Å². The van der Waals surface area contributed by atoms with Gasteiger partial charge in [0.05, 0.1) is 6.61 Å². The monoisotopic (exact) mass is 281 g/mol. The third kappa shape index (κ3) is 4.08. The fourth-order valence-corrected chi connectivity index (χ4v) is 2.86. The van der Waals surface area contributed by atoms with E-state index in [0.717, 1.165) is 25.3 Å². The first-order valence-corrected chi connectivity index (χ1v) is 7.93. The van der Waals surface area contributed by atoms with Gasteiger partial charge in [-0.3, -0.25) is 0 Å². The summed E-state index contributed by atoms with van der Waals surface area (Å²) in [5, 5.41) is 3.56. The third-order valence-electron chi connectivity index (χ3n) is 4.11. The lowest BCUT2D eigenvalue weighted by Gasteiger charge is -2.23. The van der Waals surface area contributed by atoms with Gasteiger partial charge in [-0.1, -0.05) is 48.9 Å². The van der Waals surface area contributed by atoms with Gasteiger partial charge in [0.2, 0.25) is 0 Å². The van der Waals surface area contributed by atoms with Gasteiger partial charge in [0.25, 0.3) is 0 Å². The van der Waals surface area contributed by atoms with E-state index in [1.165, 1.54) is 30.4 Å². The molecular formula is C19H23NO. The molecule has 21 heavy (non-hydrogen) atoms. The fraction of sp³-hybridized carbons (Fsp3) is 0.368. The van der Waals surface area contributed by atoms with Crippen LogP contribution in [-0.2, 0) is 0 Å². The topological polar surface area (TPSA) is 21.3 Å². The molecule has 2 aromatic rings. The molecule has 0 aliphatic carbocycles. The molecule has 0 bridgehead atoms. The first-order chi connectivity index (χ1) is 10.4. The van der Waals surface area contributed by atoms with Gasteiger partial charge in [-0.05, 0) is 49.1 Å². The highest BCUT2D eigenvalue weighted by Gasteiger charge is 2.11. The maximum atomic E-state index is 5.86. The molecule has 0 aromatic heterocycles. The first kappa shape index (κ1) is 14.2. The Labute approximate surface area is 127 Å². The van der Waals surface area contributed by atoms with Crippen molar-refractivity contribution in [1.29, 1.82) is 0 Å². The van der Waals surface area contributed by atoms with Crippen molar-refractivity contribution in [2.45, 2.75) is 31.7 Å². The predicted molar refractivity (Wildman–Crippen MR) is 87.6 cm³/mol. The minimum atomic E-state index is 0.641. The standard InChI is InChI=1S/C19H23NO/c1-2-6-16(7-3-1)17-9-11-19(12-10-17)21-15-13-18-8-4-5-14-20-18/h1-3,6-7,9-12,18,20H,4-5,8,13-15H2/t18-/m1/s1. The lowest BCUT2D eigenvalue weighted by Crippen LogP contribution is -2.35. The van der Waals surface area contributed by atoms with Crippen LogP contribution in [0.4, 0.5) is 0 Å². The zero-order chi connectivity index (χ0) is 14.3. The lowest BCUT2D eigenvalue weighted by atomic mass is 10.0. The van der Waals surface area contributed by atoms with Gasteiger partial charge >= 0.3 is 0 Å². The first-order valence-electron chi connectivity index (χ1n) is 7.93. The summed E-state index contributed by atoms with van der Waals surface area (Å²) < 4.78 is 5.86. The fourth-order valence-electron chi connectivity index (χ4n) is 2.86. The largest absolute Gasteiger partial charge is 0.494 e. The van der Waals surface area contributed by atoms with Crippen LogP contribution in [-0.4, -0.2) is 19.2 Å². The second-order valence-corrected chi connectivity index (χ2v) is 5.67. The lowest BCUT2D eigenvalue weighted by molar-refractivity contribution is 0.268. The van der Waals surface area contributed by atoms with Crippen LogP contribution in [0.5, 0.6) is 5.75 Å². The molecule has 0 unspecified atom stereocenters. The number of benzene rings is 2. The summed E-state index contributed by atoms with van der Waals surface area (Å²) in [7, 11) is 0. The highest BCUT2D eigenvalue weighted by molar-refractivity contribution is 5.63. The van der Waals surface area contributed by atoms with Crippen LogP contribution in [0.3, 0.4) is 0 Å². The van der Waals surface area contributed by atoms with Gasteiger partial charge in [-0.25, -0.2) is 0 Å². The molecule has 0 amide bonds. The quantitative estimate of drug-likeness (QED) is 0.884. The Morgan fingerprint density at radius 2 is 1.67 bits per heavy atom. The Balaban J connectivity index is 1.50. The molecule has 1 atom stereocenters. The molecule has 1 aliphatic heterocycles. The molecule has 0 saturated carbocycles. The number of ether oxygens (including phenoxy) is 1. The number of hydrogen-bond donors (Lipinski definition) is 1. The van der Waals surface area contributed by atoms with E-state index in [0.29, 0.717) is 6.04 Å². The summed E-state index contributed by atoms with van der Waals surface area (Å²) in [6.45, 7) is 1.96. The number of nitrogens with one attached hydrogen (secondary N) is 1. The summed E-state index contributed by atoms with van der Waals surface area (Å²) in [4.78, 5) is 0. The van der Waals surface area contributed by atoms with Gasteiger partial charge in [0.15, 0.2) is 0 Å². The Bertz CT molecular complexity index is 529. The predicted octanol–water partition coefficient (Wildman–Crippen LogP) is 4.26. The maximum absolute atomic E-state index is 5.86. The molecule has 1 saturated heterocycles. The summed E-state index contributed by atoms with van der Waals surface area (Å²) in [5.74, 6) is 0.963. The van der Waals surface area contributed by atoms with Crippen LogP contribution in [0.25, 0.3) is 11.1 Å². The van der Waals surface area contributed by atoms with Crippen molar-refractivity contribution in [3.8, 4) is 16.9 Å². The highest BCUT2D eigenvalue weighted by atomic mass is 16.5. The van der Waals surface area contributed by atoms with E-state index in [1.54, 1.807) is 0 Å². The summed E-state index contributed by atoms with van der Waals surface area (Å²) in [6, 6.07) is 19.5. The van der Waals surface area contributed by atoms with Crippen LogP contribution in [0.15, 0.2) is 54.6 Å². The molecule has 3 rings (SSSR count). The van der Waals surface area contributed by atoms with E-state index in [9.17, 15) is 0 Å². The van der Waals surface area contributed by atoms with Gasteiger partial charge in [-0.2, -0.15) is 0 Å². The Morgan fingerprint density at radius 1 is 0.905 bits per heavy atom. The van der Waals surface area contributed by atoms with Crippen LogP contribution >= 0.6 is 0 Å².